The molecule has 0 aromatic heterocycles. The standard InChI is InChI=1S/C10H9BrO4.Cl2O2S/c1-6(12)14-9-5-3-4-8(11)10(9)15-7(2)13;1-5(2,3)4/h3-5H,1-2H3;. The molecular weight excluding hydrogens is 399 g/mol. The molecule has 0 bridgehead atoms. The molecule has 0 aliphatic carbocycles. The van der Waals surface area contributed by atoms with Gasteiger partial charge in [0, 0.05) is 35.2 Å². The van der Waals surface area contributed by atoms with Crippen molar-refractivity contribution in [1.29, 1.82) is 0 Å². The van der Waals surface area contributed by atoms with E-state index < -0.39 is 20.2 Å². The molecule has 1 aromatic rings. The molecule has 0 saturated carbocycles. The van der Waals surface area contributed by atoms with E-state index in [2.05, 4.69) is 37.3 Å². The summed E-state index contributed by atoms with van der Waals surface area (Å²) in [4.78, 5) is 21.6. The van der Waals surface area contributed by atoms with Crippen molar-refractivity contribution in [2.45, 2.75) is 13.8 Å². The molecule has 112 valence electrons. The molecule has 10 heteroatoms. The van der Waals surface area contributed by atoms with Crippen molar-refractivity contribution in [3.05, 3.63) is 22.7 Å². The second-order valence-electron chi connectivity index (χ2n) is 3.13. The first kappa shape index (κ1) is 19.2. The maximum Gasteiger partial charge on any atom is 0.317 e. The van der Waals surface area contributed by atoms with Crippen LogP contribution in [0.25, 0.3) is 0 Å². The van der Waals surface area contributed by atoms with Crippen molar-refractivity contribution in [3.63, 3.8) is 0 Å². The summed E-state index contributed by atoms with van der Waals surface area (Å²) in [5, 5.41) is 0. The van der Waals surface area contributed by atoms with Crippen LogP contribution in [0.15, 0.2) is 22.7 Å². The Morgan fingerprint density at radius 2 is 1.55 bits per heavy atom. The Balaban J connectivity index is 0.000000621. The highest BCUT2D eigenvalue weighted by Crippen LogP contribution is 2.35. The van der Waals surface area contributed by atoms with E-state index in [1.54, 1.807) is 18.2 Å². The van der Waals surface area contributed by atoms with Crippen molar-refractivity contribution in [1.82, 2.24) is 0 Å². The SMILES string of the molecule is CC(=O)Oc1cccc(Br)c1OC(C)=O.O=S(=O)(Cl)Cl. The molecule has 0 aliphatic heterocycles. The Morgan fingerprint density at radius 3 is 1.95 bits per heavy atom. The Bertz CT molecular complexity index is 594. The van der Waals surface area contributed by atoms with Crippen LogP contribution in [0.5, 0.6) is 11.5 Å². The van der Waals surface area contributed by atoms with Gasteiger partial charge in [-0.3, -0.25) is 9.59 Å². The van der Waals surface area contributed by atoms with Crippen LogP contribution in [-0.2, 0) is 17.9 Å². The molecular formula is C10H9BrCl2O6S. The van der Waals surface area contributed by atoms with E-state index in [-0.39, 0.29) is 11.5 Å². The summed E-state index contributed by atoms with van der Waals surface area (Å²) >= 11 is 3.20. The monoisotopic (exact) mass is 406 g/mol. The number of hydrogen-bond acceptors (Lipinski definition) is 6. The summed E-state index contributed by atoms with van der Waals surface area (Å²) in [6.07, 6.45) is 0. The highest BCUT2D eigenvalue weighted by Gasteiger charge is 2.12. The lowest BCUT2D eigenvalue weighted by Crippen LogP contribution is -2.07. The van der Waals surface area contributed by atoms with Crippen molar-refractivity contribution in [2.75, 3.05) is 0 Å². The minimum Gasteiger partial charge on any atom is -0.423 e. The molecule has 0 radical (unpaired) electrons. The van der Waals surface area contributed by atoms with Gasteiger partial charge in [0.2, 0.25) is 0 Å². The molecule has 1 aromatic carbocycles. The smallest absolute Gasteiger partial charge is 0.317 e. The summed E-state index contributed by atoms with van der Waals surface area (Å²) in [6.45, 7) is 2.55. The number of esters is 2. The normalized spacial score (nSPS) is 10.1. The van der Waals surface area contributed by atoms with Gasteiger partial charge in [0.15, 0.2) is 11.5 Å². The lowest BCUT2D eigenvalue weighted by Gasteiger charge is -2.09. The van der Waals surface area contributed by atoms with Gasteiger partial charge >= 0.3 is 20.2 Å². The predicted molar refractivity (Wildman–Crippen MR) is 77.4 cm³/mol. The fourth-order valence-electron chi connectivity index (χ4n) is 0.967. The molecule has 0 unspecified atom stereocenters. The van der Waals surface area contributed by atoms with Gasteiger partial charge in [-0.1, -0.05) is 6.07 Å². The second-order valence-corrected chi connectivity index (χ2v) is 7.66. The number of halogens is 3. The first-order valence-electron chi connectivity index (χ1n) is 4.80. The highest BCUT2D eigenvalue weighted by molar-refractivity contribution is 9.10. The van der Waals surface area contributed by atoms with Gasteiger partial charge in [-0.2, -0.15) is 8.42 Å². The van der Waals surface area contributed by atoms with Gasteiger partial charge in [0.05, 0.1) is 4.47 Å². The Morgan fingerprint density at radius 1 is 1.10 bits per heavy atom. The van der Waals surface area contributed by atoms with Gasteiger partial charge in [0.1, 0.15) is 0 Å². The van der Waals surface area contributed by atoms with E-state index in [9.17, 15) is 9.59 Å². The lowest BCUT2D eigenvalue weighted by atomic mass is 10.3. The number of ether oxygens (including phenoxy) is 2. The Kier molecular flexibility index (Phi) is 8.10. The molecule has 0 heterocycles. The third-order valence-corrected chi connectivity index (χ3v) is 2.05. The van der Waals surface area contributed by atoms with Gasteiger partial charge in [-0.15, -0.1) is 0 Å². The first-order chi connectivity index (χ1) is 9.00. The molecule has 0 saturated heterocycles. The summed E-state index contributed by atoms with van der Waals surface area (Å²) in [6, 6.07) is 4.91. The van der Waals surface area contributed by atoms with Crippen molar-refractivity contribution >= 4 is 57.5 Å². The molecule has 0 fully saturated rings. The average Bonchev–Trinajstić information content (AvgIpc) is 2.19. The van der Waals surface area contributed by atoms with Crippen molar-refractivity contribution in [3.8, 4) is 11.5 Å². The Hall–Kier alpha value is -0.830. The largest absolute Gasteiger partial charge is 0.423 e. The van der Waals surface area contributed by atoms with E-state index in [4.69, 9.17) is 17.9 Å². The second kappa shape index (κ2) is 8.46. The highest BCUT2D eigenvalue weighted by atomic mass is 79.9. The molecule has 0 N–H and O–H groups in total. The fourth-order valence-corrected chi connectivity index (χ4v) is 1.40. The van der Waals surface area contributed by atoms with Crippen LogP contribution < -0.4 is 9.47 Å². The molecule has 0 amide bonds. The average molecular weight is 408 g/mol. The third-order valence-electron chi connectivity index (χ3n) is 1.43. The van der Waals surface area contributed by atoms with Crippen molar-refractivity contribution < 1.29 is 27.5 Å². The Labute approximate surface area is 133 Å². The zero-order chi connectivity index (χ0) is 15.9. The number of carbonyl (C=O) groups is 2. The molecule has 0 spiro atoms. The molecule has 6 nitrogen and oxygen atoms in total. The third kappa shape index (κ3) is 10.0. The van der Waals surface area contributed by atoms with E-state index in [0.29, 0.717) is 4.47 Å². The summed E-state index contributed by atoms with van der Waals surface area (Å²) in [7, 11) is 4.81. The first-order valence-corrected chi connectivity index (χ1v) is 8.73. The maximum atomic E-state index is 10.8. The molecule has 0 atom stereocenters. The van der Waals surface area contributed by atoms with Gasteiger partial charge < -0.3 is 9.47 Å². The van der Waals surface area contributed by atoms with E-state index in [1.807, 2.05) is 0 Å². The lowest BCUT2D eigenvalue weighted by molar-refractivity contribution is -0.134. The zero-order valence-corrected chi connectivity index (χ0v) is 14.1. The minimum absolute atomic E-state index is 0.209. The van der Waals surface area contributed by atoms with Gasteiger partial charge in [-0.25, -0.2) is 0 Å². The van der Waals surface area contributed by atoms with E-state index >= 15 is 0 Å². The van der Waals surface area contributed by atoms with Crippen LogP contribution in [0, 0.1) is 0 Å². The number of para-hydroxylation sites is 1. The molecule has 20 heavy (non-hydrogen) atoms. The van der Waals surface area contributed by atoms with Gasteiger partial charge in [0.25, 0.3) is 0 Å². The van der Waals surface area contributed by atoms with Crippen LogP contribution in [0.4, 0.5) is 0 Å². The van der Waals surface area contributed by atoms with E-state index in [0.717, 1.165) is 0 Å². The quantitative estimate of drug-likeness (QED) is 0.425. The topological polar surface area (TPSA) is 86.7 Å². The number of hydrogen-bond donors (Lipinski definition) is 0. The summed E-state index contributed by atoms with van der Waals surface area (Å²) in [5.74, 6) is -0.524. The van der Waals surface area contributed by atoms with Crippen LogP contribution in [-0.4, -0.2) is 20.4 Å². The van der Waals surface area contributed by atoms with E-state index in [1.165, 1.54) is 13.8 Å². The van der Waals surface area contributed by atoms with Crippen LogP contribution in [0.1, 0.15) is 13.8 Å². The molecule has 1 rings (SSSR count). The number of benzene rings is 1. The van der Waals surface area contributed by atoms with Gasteiger partial charge in [-0.05, 0) is 28.1 Å². The van der Waals surface area contributed by atoms with Crippen molar-refractivity contribution in [2.24, 2.45) is 0 Å². The van der Waals surface area contributed by atoms with Crippen LogP contribution in [0.2, 0.25) is 0 Å². The maximum absolute atomic E-state index is 10.8. The fraction of sp³-hybridized carbons (Fsp3) is 0.200. The zero-order valence-electron chi connectivity index (χ0n) is 10.2. The number of carbonyl (C=O) groups excluding carboxylic acids is 2. The molecule has 0 aliphatic rings. The number of rotatable bonds is 2. The van der Waals surface area contributed by atoms with Crippen LogP contribution in [0.3, 0.4) is 0 Å². The minimum atomic E-state index is -3.72. The summed E-state index contributed by atoms with van der Waals surface area (Å²) < 4.78 is 28.7. The summed E-state index contributed by atoms with van der Waals surface area (Å²) in [5.41, 5.74) is 0. The predicted octanol–water partition coefficient (Wildman–Crippen LogP) is 3.01. The van der Waals surface area contributed by atoms with Crippen LogP contribution >= 0.6 is 37.3 Å².